The summed E-state index contributed by atoms with van der Waals surface area (Å²) >= 11 is 0. The number of hydrogen-bond donors (Lipinski definition) is 4. The second-order valence-electron chi connectivity index (χ2n) is 9.22. The van der Waals surface area contributed by atoms with Crippen molar-refractivity contribution >= 4 is 34.8 Å². The van der Waals surface area contributed by atoms with Gasteiger partial charge in [-0.15, -0.1) is 0 Å². The van der Waals surface area contributed by atoms with Gasteiger partial charge in [-0.05, 0) is 43.9 Å². The molecule has 4 N–H and O–H groups in total. The lowest BCUT2D eigenvalue weighted by atomic mass is 10.1. The molecule has 3 heterocycles. The number of amides is 3. The Labute approximate surface area is 225 Å². The highest BCUT2D eigenvalue weighted by molar-refractivity contribution is 5.96. The van der Waals surface area contributed by atoms with Gasteiger partial charge in [0.25, 0.3) is 5.56 Å². The summed E-state index contributed by atoms with van der Waals surface area (Å²) in [6, 6.07) is 1.92. The Balaban J connectivity index is 1.72. The van der Waals surface area contributed by atoms with Gasteiger partial charge in [0.05, 0.1) is 12.2 Å². The van der Waals surface area contributed by atoms with Crippen molar-refractivity contribution < 1.29 is 19.5 Å². The van der Waals surface area contributed by atoms with E-state index in [0.29, 0.717) is 11.5 Å². The number of hydrogen-bond acceptors (Lipinski definition) is 7. The molecule has 0 radical (unpaired) electrons. The van der Waals surface area contributed by atoms with Crippen LogP contribution in [0, 0.1) is 0 Å². The summed E-state index contributed by atoms with van der Waals surface area (Å²) in [7, 11) is 3.21. The van der Waals surface area contributed by atoms with Gasteiger partial charge in [0, 0.05) is 20.3 Å². The fourth-order valence-corrected chi connectivity index (χ4v) is 3.88. The first kappa shape index (κ1) is 29.0. The van der Waals surface area contributed by atoms with Gasteiger partial charge >= 0.3 is 6.09 Å². The number of nitrogens with one attached hydrogen (secondary N) is 3. The molecule has 0 saturated heterocycles. The van der Waals surface area contributed by atoms with E-state index in [1.807, 2.05) is 0 Å². The summed E-state index contributed by atoms with van der Waals surface area (Å²) in [6.45, 7) is 2.24. The van der Waals surface area contributed by atoms with Crippen molar-refractivity contribution in [3.63, 3.8) is 0 Å². The minimum atomic E-state index is -1.38. The van der Waals surface area contributed by atoms with Crippen LogP contribution in [0.1, 0.15) is 50.5 Å². The van der Waals surface area contributed by atoms with Gasteiger partial charge in [0.2, 0.25) is 11.8 Å². The van der Waals surface area contributed by atoms with Gasteiger partial charge in [-0.3, -0.25) is 14.4 Å². The summed E-state index contributed by atoms with van der Waals surface area (Å²) in [4.78, 5) is 66.5. The van der Waals surface area contributed by atoms with Crippen molar-refractivity contribution in [2.24, 2.45) is 0 Å². The van der Waals surface area contributed by atoms with Crippen LogP contribution in [-0.2, 0) is 22.6 Å². The number of aryl methyl sites for hydroxylation is 1. The number of carbonyl (C=O) groups is 3. The number of carboxylic acid groups (broad SMARTS) is 1. The Morgan fingerprint density at radius 2 is 2.03 bits per heavy atom. The largest absolute Gasteiger partial charge is 0.465 e. The number of nitrogens with zero attached hydrogens (tertiary/aromatic N) is 5. The second kappa shape index (κ2) is 13.8. The Hall–Kier alpha value is -4.55. The minimum absolute atomic E-state index is 0.00539. The van der Waals surface area contributed by atoms with Crippen LogP contribution < -0.4 is 16.2 Å². The number of likely N-dealkylation sites (N-methyl/N-ethyl adjacent to an activating group) is 1. The highest BCUT2D eigenvalue weighted by Crippen LogP contribution is 2.15. The Morgan fingerprint density at radius 1 is 1.23 bits per heavy atom. The molecule has 0 spiro atoms. The van der Waals surface area contributed by atoms with Crippen LogP contribution in [0.2, 0.25) is 0 Å². The Kier molecular flexibility index (Phi) is 10.3. The van der Waals surface area contributed by atoms with E-state index in [-0.39, 0.29) is 31.0 Å². The van der Waals surface area contributed by atoms with Crippen LogP contribution in [-0.4, -0.2) is 72.6 Å². The molecule has 0 aliphatic rings. The zero-order chi connectivity index (χ0) is 28.4. The van der Waals surface area contributed by atoms with Crippen molar-refractivity contribution in [3.05, 3.63) is 58.7 Å². The first-order valence-corrected chi connectivity index (χ1v) is 12.8. The molecule has 0 aliphatic heterocycles. The van der Waals surface area contributed by atoms with E-state index >= 15 is 0 Å². The quantitative estimate of drug-likeness (QED) is 0.189. The predicted octanol–water partition coefficient (Wildman–Crippen LogP) is 2.29. The van der Waals surface area contributed by atoms with Crippen molar-refractivity contribution in [1.29, 1.82) is 0 Å². The van der Waals surface area contributed by atoms with Gasteiger partial charge < -0.3 is 30.2 Å². The summed E-state index contributed by atoms with van der Waals surface area (Å²) in [5.41, 5.74) is 1.65. The maximum absolute atomic E-state index is 13.1. The lowest BCUT2D eigenvalue weighted by molar-refractivity contribution is -0.123. The smallest absolute Gasteiger partial charge is 0.405 e. The van der Waals surface area contributed by atoms with Gasteiger partial charge in [0.1, 0.15) is 29.4 Å². The van der Waals surface area contributed by atoms with E-state index in [2.05, 4.69) is 37.5 Å². The van der Waals surface area contributed by atoms with Crippen molar-refractivity contribution in [3.8, 4) is 0 Å². The van der Waals surface area contributed by atoms with Crippen LogP contribution in [0.3, 0.4) is 0 Å². The monoisotopic (exact) mass is 538 g/mol. The molecule has 3 rings (SSSR count). The lowest BCUT2D eigenvalue weighted by Gasteiger charge is -2.16. The van der Waals surface area contributed by atoms with E-state index in [1.54, 1.807) is 32.4 Å². The number of fused-ring (bicyclic) bond motifs is 1. The van der Waals surface area contributed by atoms with E-state index in [1.165, 1.54) is 27.9 Å². The number of anilines is 1. The number of carbonyl (C=O) groups excluding carboxylic acids is 2. The molecule has 39 heavy (non-hydrogen) atoms. The molecule has 0 aromatic carbocycles. The fourth-order valence-electron chi connectivity index (χ4n) is 3.88. The van der Waals surface area contributed by atoms with Crippen LogP contribution in [0.25, 0.3) is 11.2 Å². The van der Waals surface area contributed by atoms with E-state index in [4.69, 9.17) is 5.11 Å². The molecule has 3 aromatic heterocycles. The number of aromatic amines is 1. The van der Waals surface area contributed by atoms with Crippen LogP contribution >= 0.6 is 0 Å². The molecule has 0 fully saturated rings. The molecule has 0 saturated carbocycles. The third kappa shape index (κ3) is 8.22. The molecule has 1 unspecified atom stereocenters. The van der Waals surface area contributed by atoms with E-state index in [0.717, 1.165) is 36.9 Å². The third-order valence-corrected chi connectivity index (χ3v) is 5.97. The zero-order valence-electron chi connectivity index (χ0n) is 22.3. The van der Waals surface area contributed by atoms with E-state index in [9.17, 15) is 19.2 Å². The summed E-state index contributed by atoms with van der Waals surface area (Å²) in [6.07, 6.45) is 8.93. The summed E-state index contributed by atoms with van der Waals surface area (Å²) < 4.78 is 1.38. The molecule has 13 nitrogen and oxygen atoms in total. The van der Waals surface area contributed by atoms with Crippen molar-refractivity contribution in [1.82, 2.24) is 34.7 Å². The number of allylic oxidation sites excluding steroid dienone is 1. The average molecular weight is 539 g/mol. The number of unbranched alkanes of at least 4 members (excludes halogenated alkanes) is 2. The molecule has 208 valence electrons. The maximum Gasteiger partial charge on any atom is 0.405 e. The summed E-state index contributed by atoms with van der Waals surface area (Å²) in [5.74, 6) is -0.399. The van der Waals surface area contributed by atoms with Gasteiger partial charge in [-0.1, -0.05) is 25.8 Å². The fraction of sp³-hybridized carbons (Fsp3) is 0.423. The molecule has 0 aliphatic carbocycles. The van der Waals surface area contributed by atoms with Gasteiger partial charge in [-0.25, -0.2) is 19.7 Å². The number of pyridine rings is 1. The molecule has 1 atom stereocenters. The standard InChI is InChI=1S/C26H34N8O5/c1-4-5-6-10-17-22-23(28-16-27-17)32-20(31-22)15-34-14-9-12-19(25(34)37)29-24(36)18(30-26(38)39)11-7-8-13-21(35)33(2)3/h8-9,12-14,16,18,30H,4-7,10-11,15H2,1-3H3,(H,29,36)(H,38,39)(H,27,28,31,32). The Morgan fingerprint density at radius 3 is 2.74 bits per heavy atom. The molecule has 13 heteroatoms. The maximum atomic E-state index is 13.1. The zero-order valence-corrected chi connectivity index (χ0v) is 22.3. The van der Waals surface area contributed by atoms with Crippen molar-refractivity contribution in [2.75, 3.05) is 19.4 Å². The van der Waals surface area contributed by atoms with Gasteiger partial charge in [0.15, 0.2) is 5.65 Å². The normalized spacial score (nSPS) is 12.0. The minimum Gasteiger partial charge on any atom is -0.465 e. The molecule has 3 aromatic rings. The first-order valence-electron chi connectivity index (χ1n) is 12.8. The molecule has 3 amide bonds. The number of rotatable bonds is 13. The van der Waals surface area contributed by atoms with Crippen LogP contribution in [0.15, 0.2) is 41.6 Å². The number of imidazole rings is 1. The predicted molar refractivity (Wildman–Crippen MR) is 145 cm³/mol. The first-order chi connectivity index (χ1) is 18.7. The number of aromatic nitrogens is 5. The lowest BCUT2D eigenvalue weighted by Crippen LogP contribution is -2.44. The van der Waals surface area contributed by atoms with E-state index < -0.39 is 23.6 Å². The topological polar surface area (TPSA) is 175 Å². The Bertz CT molecular complexity index is 1390. The van der Waals surface area contributed by atoms with Crippen LogP contribution in [0.4, 0.5) is 10.5 Å². The average Bonchev–Trinajstić information content (AvgIpc) is 3.31. The highest BCUT2D eigenvalue weighted by atomic mass is 16.4. The number of H-pyrrole nitrogens is 1. The second-order valence-corrected chi connectivity index (χ2v) is 9.22. The highest BCUT2D eigenvalue weighted by Gasteiger charge is 2.21. The molecular formula is C26H34N8O5. The molecule has 0 bridgehead atoms. The third-order valence-electron chi connectivity index (χ3n) is 5.97. The van der Waals surface area contributed by atoms with Crippen LogP contribution in [0.5, 0.6) is 0 Å². The summed E-state index contributed by atoms with van der Waals surface area (Å²) in [5, 5.41) is 13.8. The van der Waals surface area contributed by atoms with Crippen molar-refractivity contribution in [2.45, 2.75) is 58.0 Å². The van der Waals surface area contributed by atoms with Gasteiger partial charge in [-0.2, -0.15) is 0 Å². The molecular weight excluding hydrogens is 504 g/mol. The SMILES string of the molecule is CCCCCc1ncnc2nc(Cn3cccc(NC(=O)C(CCC=CC(=O)N(C)C)NC(=O)O)c3=O)[nH]c12.